The van der Waals surface area contributed by atoms with Gasteiger partial charge >= 0.3 is 5.97 Å². The third kappa shape index (κ3) is 8.22. The molecule has 0 aromatic rings. The molecule has 280 valence electrons. The monoisotopic (exact) mass is 688 g/mol. The van der Waals surface area contributed by atoms with E-state index in [1.807, 2.05) is 60.5 Å². The zero-order valence-electron chi connectivity index (χ0n) is 31.2. The smallest absolute Gasteiger partial charge is 0.311 e. The van der Waals surface area contributed by atoms with Gasteiger partial charge in [0.1, 0.15) is 18.3 Å². The van der Waals surface area contributed by atoms with E-state index in [1.54, 1.807) is 28.1 Å². The van der Waals surface area contributed by atoms with Crippen molar-refractivity contribution >= 4 is 5.97 Å². The van der Waals surface area contributed by atoms with Crippen molar-refractivity contribution in [3.05, 3.63) is 0 Å². The molecule has 0 radical (unpaired) electrons. The largest absolute Gasteiger partial charge is 0.459 e. The molecule has 5 saturated heterocycles. The molecule has 5 aliphatic heterocycles. The fourth-order valence-electron chi connectivity index (χ4n) is 8.31. The van der Waals surface area contributed by atoms with Crippen LogP contribution >= 0.6 is 0 Å². The number of carbonyl (C=O) groups is 1. The average Bonchev–Trinajstić information content (AvgIpc) is 3.01. The quantitative estimate of drug-likeness (QED) is 0.334. The highest BCUT2D eigenvalue weighted by Gasteiger charge is 2.53. The van der Waals surface area contributed by atoms with Crippen LogP contribution in [0.15, 0.2) is 0 Å². The maximum Gasteiger partial charge on any atom is 0.311 e. The topological polar surface area (TPSA) is 149 Å². The van der Waals surface area contributed by atoms with Gasteiger partial charge in [-0.25, -0.2) is 0 Å². The Morgan fingerprint density at radius 2 is 1.50 bits per heavy atom. The molecule has 5 fully saturated rings. The van der Waals surface area contributed by atoms with E-state index >= 15 is 0 Å². The van der Waals surface area contributed by atoms with Gasteiger partial charge in [-0.05, 0) is 74.4 Å². The second kappa shape index (κ2) is 15.7. The minimum Gasteiger partial charge on any atom is -0.459 e. The molecule has 48 heavy (non-hydrogen) atoms. The normalized spacial score (nSPS) is 51.1. The summed E-state index contributed by atoms with van der Waals surface area (Å²) in [6.45, 7) is 16.3. The van der Waals surface area contributed by atoms with Gasteiger partial charge in [-0.1, -0.05) is 13.8 Å². The molecule has 5 rings (SSSR count). The van der Waals surface area contributed by atoms with E-state index in [0.29, 0.717) is 25.9 Å². The first kappa shape index (κ1) is 39.8. The van der Waals surface area contributed by atoms with Crippen LogP contribution in [0.1, 0.15) is 74.7 Å². The van der Waals surface area contributed by atoms with Crippen LogP contribution in [0.4, 0.5) is 0 Å². The van der Waals surface area contributed by atoms with Crippen LogP contribution in [-0.2, 0) is 38.0 Å². The van der Waals surface area contributed by atoms with Crippen molar-refractivity contribution in [2.75, 3.05) is 41.4 Å². The van der Waals surface area contributed by atoms with Crippen LogP contribution in [0.2, 0.25) is 0 Å². The van der Waals surface area contributed by atoms with Gasteiger partial charge in [0, 0.05) is 51.7 Å². The Labute approximate surface area is 287 Å². The first-order valence-corrected chi connectivity index (χ1v) is 17.7. The van der Waals surface area contributed by atoms with E-state index < -0.39 is 78.2 Å². The number of carbonyl (C=O) groups excluding carboxylic acids is 1. The number of hydrogen-bond donors (Lipinski definition) is 3. The Morgan fingerprint density at radius 1 is 0.875 bits per heavy atom. The van der Waals surface area contributed by atoms with Crippen molar-refractivity contribution in [3.63, 3.8) is 0 Å². The summed E-state index contributed by atoms with van der Waals surface area (Å²) >= 11 is 0. The van der Waals surface area contributed by atoms with Crippen LogP contribution in [0, 0.1) is 17.8 Å². The van der Waals surface area contributed by atoms with E-state index in [-0.39, 0.29) is 36.6 Å². The van der Waals surface area contributed by atoms with E-state index in [2.05, 4.69) is 4.90 Å². The molecular weight excluding hydrogens is 624 g/mol. The number of ether oxygens (including phenoxy) is 7. The SMILES string of the molecule is CO[C@]1(C)C[C@H](O[C@H]2[C@H](C)[C@@H](O[C@@H]3O[C@H](C)C[C@H](N(C)C)[C@H]3O)[C@@](C)(OC)C[C@@H](C)[C@H](O)[C@H](C)N3CC(C3)OC(=O)[C@@H]2C)O[C@@H](C)[C@@H]1O. The molecule has 0 unspecified atom stereocenters. The lowest BCUT2D eigenvalue weighted by Gasteiger charge is -2.51. The van der Waals surface area contributed by atoms with E-state index in [0.717, 1.165) is 0 Å². The number of rotatable bonds is 7. The molecule has 0 amide bonds. The van der Waals surface area contributed by atoms with Gasteiger partial charge in [-0.2, -0.15) is 0 Å². The molecule has 13 heteroatoms. The predicted octanol–water partition coefficient (Wildman–Crippen LogP) is 1.78. The molecule has 3 N–H and O–H groups in total. The number of methoxy groups -OCH3 is 2. The van der Waals surface area contributed by atoms with Gasteiger partial charge in [0.15, 0.2) is 12.6 Å². The van der Waals surface area contributed by atoms with E-state index in [9.17, 15) is 20.1 Å². The molecule has 13 nitrogen and oxygen atoms in total. The Bertz CT molecular complexity index is 1060. The van der Waals surface area contributed by atoms with Gasteiger partial charge < -0.3 is 53.4 Å². The Hall–Kier alpha value is -0.970. The van der Waals surface area contributed by atoms with Crippen molar-refractivity contribution in [1.82, 2.24) is 9.80 Å². The van der Waals surface area contributed by atoms with Crippen molar-refractivity contribution in [2.45, 2.75) is 159 Å². The molecule has 5 aliphatic rings. The van der Waals surface area contributed by atoms with Crippen molar-refractivity contribution in [2.24, 2.45) is 17.8 Å². The van der Waals surface area contributed by atoms with Gasteiger partial charge in [-0.3, -0.25) is 9.69 Å². The maximum absolute atomic E-state index is 13.8. The highest BCUT2D eigenvalue weighted by atomic mass is 16.7. The summed E-state index contributed by atoms with van der Waals surface area (Å²) < 4.78 is 44.1. The molecular formula is C35H64N2O11. The summed E-state index contributed by atoms with van der Waals surface area (Å²) in [6, 6.07) is -0.370. The lowest BCUT2D eigenvalue weighted by atomic mass is 9.76. The second-order valence-electron chi connectivity index (χ2n) is 15.8. The minimum absolute atomic E-state index is 0.162. The fourth-order valence-corrected chi connectivity index (χ4v) is 8.31. The van der Waals surface area contributed by atoms with E-state index in [1.165, 1.54) is 0 Å². The van der Waals surface area contributed by atoms with Crippen LogP contribution < -0.4 is 0 Å². The first-order chi connectivity index (χ1) is 22.3. The van der Waals surface area contributed by atoms with Gasteiger partial charge in [-0.15, -0.1) is 0 Å². The summed E-state index contributed by atoms with van der Waals surface area (Å²) in [5.74, 6) is -1.93. The number of hydrogen-bond acceptors (Lipinski definition) is 13. The zero-order valence-corrected chi connectivity index (χ0v) is 31.2. The molecule has 16 atom stereocenters. The van der Waals surface area contributed by atoms with Crippen molar-refractivity contribution < 1.29 is 53.3 Å². The van der Waals surface area contributed by atoms with Crippen molar-refractivity contribution in [1.29, 1.82) is 0 Å². The molecule has 0 spiro atoms. The number of aliphatic hydroxyl groups excluding tert-OH is 3. The molecule has 2 bridgehead atoms. The summed E-state index contributed by atoms with van der Waals surface area (Å²) in [6.07, 6.45) is -5.78. The second-order valence-corrected chi connectivity index (χ2v) is 15.8. The van der Waals surface area contributed by atoms with E-state index in [4.69, 9.17) is 33.2 Å². The number of aliphatic hydroxyl groups is 3. The lowest BCUT2D eigenvalue weighted by molar-refractivity contribution is -0.319. The molecule has 0 aromatic heterocycles. The van der Waals surface area contributed by atoms with Gasteiger partial charge in [0.25, 0.3) is 0 Å². The third-order valence-electron chi connectivity index (χ3n) is 11.8. The maximum atomic E-state index is 13.8. The summed E-state index contributed by atoms with van der Waals surface area (Å²) in [7, 11) is 7.00. The molecule has 0 saturated carbocycles. The van der Waals surface area contributed by atoms with Crippen LogP contribution in [0.3, 0.4) is 0 Å². The lowest BCUT2D eigenvalue weighted by Crippen LogP contribution is -2.63. The highest BCUT2D eigenvalue weighted by molar-refractivity contribution is 5.73. The number of nitrogens with zero attached hydrogens (tertiary/aromatic N) is 2. The predicted molar refractivity (Wildman–Crippen MR) is 177 cm³/mol. The van der Waals surface area contributed by atoms with Crippen LogP contribution in [-0.4, -0.2) is 157 Å². The van der Waals surface area contributed by atoms with Crippen LogP contribution in [0.25, 0.3) is 0 Å². The van der Waals surface area contributed by atoms with Crippen LogP contribution in [0.5, 0.6) is 0 Å². The summed E-state index contributed by atoms with van der Waals surface area (Å²) in [5.41, 5.74) is -1.97. The Morgan fingerprint density at radius 3 is 2.08 bits per heavy atom. The van der Waals surface area contributed by atoms with Gasteiger partial charge in [0.05, 0.1) is 47.6 Å². The highest BCUT2D eigenvalue weighted by Crippen LogP contribution is 2.41. The summed E-state index contributed by atoms with van der Waals surface area (Å²) in [4.78, 5) is 17.9. The molecule has 5 heterocycles. The molecule has 0 aliphatic carbocycles. The molecule has 0 aromatic carbocycles. The zero-order chi connectivity index (χ0) is 35.9. The van der Waals surface area contributed by atoms with Gasteiger partial charge in [0.2, 0.25) is 0 Å². The Balaban J connectivity index is 1.77. The fraction of sp³-hybridized carbons (Fsp3) is 0.971. The number of esters is 1. The van der Waals surface area contributed by atoms with Crippen molar-refractivity contribution in [3.8, 4) is 0 Å². The summed E-state index contributed by atoms with van der Waals surface area (Å²) in [5, 5.41) is 33.9. The minimum atomic E-state index is -1.03. The average molecular weight is 689 g/mol. The number of fused-ring (bicyclic) bond motifs is 10. The number of likely N-dealkylation sites (N-methyl/N-ethyl adjacent to an activating group) is 1. The third-order valence-corrected chi connectivity index (χ3v) is 11.8. The first-order valence-electron chi connectivity index (χ1n) is 17.7. The standard InChI is InChI=1S/C35H64N2O11/c1-18-14-35(8,43-12)31(48-33-28(39)25(36(9)10)13-19(2)44-33)20(3)29(47-26-15-34(7,42-11)30(40)23(6)45-26)21(4)32(41)46-24-16-37(17-24)22(5)27(18)38/h18-31,33,38-40H,13-17H2,1-12H3/t18-,19-,20+,21-,22+,23+,25+,26+,27+,28-,29+,30+,31-,33+,34-,35+/m1/s1. The Kier molecular flexibility index (Phi) is 13.0.